The van der Waals surface area contributed by atoms with Gasteiger partial charge in [-0.3, -0.25) is 0 Å². The van der Waals surface area contributed by atoms with Gasteiger partial charge in [0.25, 0.3) is 0 Å². The first-order valence-corrected chi connectivity index (χ1v) is 5.42. The van der Waals surface area contributed by atoms with E-state index in [0.717, 1.165) is 10.0 Å². The second-order valence-electron chi connectivity index (χ2n) is 3.35. The van der Waals surface area contributed by atoms with Gasteiger partial charge in [-0.25, -0.2) is 4.79 Å². The molecule has 1 aromatic carbocycles. The fourth-order valence-corrected chi connectivity index (χ4v) is 1.74. The van der Waals surface area contributed by atoms with Crippen LogP contribution in [0.25, 0.3) is 0 Å². The van der Waals surface area contributed by atoms with Crippen molar-refractivity contribution in [1.29, 1.82) is 0 Å². The smallest absolute Gasteiger partial charge is 0.333 e. The van der Waals surface area contributed by atoms with Crippen molar-refractivity contribution >= 4 is 21.9 Å². The van der Waals surface area contributed by atoms with Gasteiger partial charge in [-0.1, -0.05) is 40.7 Å². The molecule has 1 atom stereocenters. The maximum Gasteiger partial charge on any atom is 0.333 e. The molecular formula is C12H13BrO2. The van der Waals surface area contributed by atoms with E-state index in [1.54, 1.807) is 6.92 Å². The van der Waals surface area contributed by atoms with Gasteiger partial charge in [-0.15, -0.1) is 0 Å². The number of hydrogen-bond donors (Lipinski definition) is 0. The number of halogens is 1. The Labute approximate surface area is 98.1 Å². The summed E-state index contributed by atoms with van der Waals surface area (Å²) in [5, 5.41) is 0. The van der Waals surface area contributed by atoms with Crippen molar-refractivity contribution in [3.05, 3.63) is 46.5 Å². The largest absolute Gasteiger partial charge is 0.454 e. The molecule has 80 valence electrons. The summed E-state index contributed by atoms with van der Waals surface area (Å²) < 4.78 is 6.15. The normalized spacial score (nSPS) is 11.9. The molecule has 0 fully saturated rings. The van der Waals surface area contributed by atoms with Crippen molar-refractivity contribution in [2.45, 2.75) is 20.0 Å². The summed E-state index contributed by atoms with van der Waals surface area (Å²) >= 11 is 3.41. The third kappa shape index (κ3) is 3.20. The predicted octanol–water partition coefficient (Wildman–Crippen LogP) is 3.63. The molecule has 2 nitrogen and oxygen atoms in total. The van der Waals surface area contributed by atoms with Gasteiger partial charge in [0.15, 0.2) is 0 Å². The first kappa shape index (κ1) is 12.0. The van der Waals surface area contributed by atoms with Crippen molar-refractivity contribution in [2.24, 2.45) is 0 Å². The molecule has 0 heterocycles. The van der Waals surface area contributed by atoms with Crippen LogP contribution < -0.4 is 0 Å². The van der Waals surface area contributed by atoms with Crippen LogP contribution in [0.1, 0.15) is 25.5 Å². The van der Waals surface area contributed by atoms with Crippen LogP contribution in [-0.2, 0) is 9.53 Å². The van der Waals surface area contributed by atoms with E-state index in [0.29, 0.717) is 5.57 Å². The summed E-state index contributed by atoms with van der Waals surface area (Å²) in [4.78, 5) is 11.3. The van der Waals surface area contributed by atoms with Crippen molar-refractivity contribution in [2.75, 3.05) is 0 Å². The van der Waals surface area contributed by atoms with E-state index < -0.39 is 0 Å². The third-order valence-electron chi connectivity index (χ3n) is 1.98. The van der Waals surface area contributed by atoms with Crippen LogP contribution >= 0.6 is 15.9 Å². The number of benzene rings is 1. The highest BCUT2D eigenvalue weighted by molar-refractivity contribution is 9.10. The van der Waals surface area contributed by atoms with E-state index in [9.17, 15) is 4.79 Å². The second-order valence-corrected chi connectivity index (χ2v) is 4.20. The second kappa shape index (κ2) is 5.12. The molecule has 0 aliphatic rings. The monoisotopic (exact) mass is 268 g/mol. The lowest BCUT2D eigenvalue weighted by atomic mass is 10.1. The number of carbonyl (C=O) groups excluding carboxylic acids is 1. The molecule has 1 unspecified atom stereocenters. The van der Waals surface area contributed by atoms with Gasteiger partial charge in [0.05, 0.1) is 0 Å². The highest BCUT2D eigenvalue weighted by Gasteiger charge is 2.13. The van der Waals surface area contributed by atoms with Crippen molar-refractivity contribution in [3.8, 4) is 0 Å². The highest BCUT2D eigenvalue weighted by Crippen LogP contribution is 2.25. The Kier molecular flexibility index (Phi) is 4.09. The van der Waals surface area contributed by atoms with Gasteiger partial charge < -0.3 is 4.74 Å². The molecule has 0 saturated heterocycles. The van der Waals surface area contributed by atoms with Gasteiger partial charge >= 0.3 is 5.97 Å². The summed E-state index contributed by atoms with van der Waals surface area (Å²) in [6.45, 7) is 7.01. The van der Waals surface area contributed by atoms with E-state index >= 15 is 0 Å². The molecule has 0 radical (unpaired) electrons. The molecule has 0 saturated carbocycles. The van der Waals surface area contributed by atoms with E-state index in [-0.39, 0.29) is 12.1 Å². The summed E-state index contributed by atoms with van der Waals surface area (Å²) in [7, 11) is 0. The van der Waals surface area contributed by atoms with E-state index in [1.165, 1.54) is 0 Å². The first-order valence-electron chi connectivity index (χ1n) is 4.63. The van der Waals surface area contributed by atoms with Gasteiger partial charge in [0.2, 0.25) is 0 Å². The maximum atomic E-state index is 11.3. The molecule has 3 heteroatoms. The van der Waals surface area contributed by atoms with Crippen LogP contribution in [0.2, 0.25) is 0 Å². The van der Waals surface area contributed by atoms with Gasteiger partial charge in [-0.2, -0.15) is 0 Å². The van der Waals surface area contributed by atoms with Crippen LogP contribution in [0, 0.1) is 0 Å². The number of ether oxygens (including phenoxy) is 1. The topological polar surface area (TPSA) is 26.3 Å². The standard InChI is InChI=1S/C12H13BrO2/c1-8(2)12(14)15-9(3)10-6-4-5-7-11(10)13/h4-7,9H,1H2,2-3H3. The van der Waals surface area contributed by atoms with Crippen LogP contribution in [0.5, 0.6) is 0 Å². The Morgan fingerprint density at radius 3 is 2.60 bits per heavy atom. The zero-order valence-electron chi connectivity index (χ0n) is 8.79. The van der Waals surface area contributed by atoms with Crippen LogP contribution in [0.15, 0.2) is 40.9 Å². The molecule has 1 aromatic rings. The Bertz CT molecular complexity index is 385. The van der Waals surface area contributed by atoms with Crippen molar-refractivity contribution < 1.29 is 9.53 Å². The predicted molar refractivity (Wildman–Crippen MR) is 63.5 cm³/mol. The fraction of sp³-hybridized carbons (Fsp3) is 0.250. The van der Waals surface area contributed by atoms with Gasteiger partial charge in [0.1, 0.15) is 6.10 Å². The minimum absolute atomic E-state index is 0.273. The highest BCUT2D eigenvalue weighted by atomic mass is 79.9. The SMILES string of the molecule is C=C(C)C(=O)OC(C)c1ccccc1Br. The van der Waals surface area contributed by atoms with Crippen molar-refractivity contribution in [1.82, 2.24) is 0 Å². The molecule has 0 spiro atoms. The first-order chi connectivity index (χ1) is 7.02. The molecule has 0 bridgehead atoms. The Hall–Kier alpha value is -1.09. The molecular weight excluding hydrogens is 256 g/mol. The van der Waals surface area contributed by atoms with Gasteiger partial charge in [0, 0.05) is 15.6 Å². The zero-order chi connectivity index (χ0) is 11.4. The molecule has 0 aliphatic heterocycles. The lowest BCUT2D eigenvalue weighted by Crippen LogP contribution is -2.09. The number of rotatable bonds is 3. The Morgan fingerprint density at radius 2 is 2.07 bits per heavy atom. The zero-order valence-corrected chi connectivity index (χ0v) is 10.4. The number of hydrogen-bond acceptors (Lipinski definition) is 2. The minimum Gasteiger partial charge on any atom is -0.454 e. The van der Waals surface area contributed by atoms with E-state index in [4.69, 9.17) is 4.74 Å². The number of carbonyl (C=O) groups is 1. The molecule has 0 aromatic heterocycles. The summed E-state index contributed by atoms with van der Waals surface area (Å²) in [5.41, 5.74) is 1.36. The van der Waals surface area contributed by atoms with Crippen molar-refractivity contribution in [3.63, 3.8) is 0 Å². The number of esters is 1. The maximum absolute atomic E-state index is 11.3. The molecule has 15 heavy (non-hydrogen) atoms. The van der Waals surface area contributed by atoms with Crippen LogP contribution in [-0.4, -0.2) is 5.97 Å². The van der Waals surface area contributed by atoms with E-state index in [1.807, 2.05) is 31.2 Å². The molecule has 1 rings (SSSR count). The molecule has 0 N–H and O–H groups in total. The summed E-state index contributed by atoms with van der Waals surface area (Å²) in [5.74, 6) is -0.363. The van der Waals surface area contributed by atoms with E-state index in [2.05, 4.69) is 22.5 Å². The third-order valence-corrected chi connectivity index (χ3v) is 2.70. The summed E-state index contributed by atoms with van der Waals surface area (Å²) in [6, 6.07) is 7.66. The molecule has 0 aliphatic carbocycles. The average molecular weight is 269 g/mol. The Balaban J connectivity index is 2.78. The summed E-state index contributed by atoms with van der Waals surface area (Å²) in [6.07, 6.45) is -0.273. The Morgan fingerprint density at radius 1 is 1.47 bits per heavy atom. The van der Waals surface area contributed by atoms with Gasteiger partial charge in [-0.05, 0) is 19.9 Å². The average Bonchev–Trinajstić information content (AvgIpc) is 2.18. The van der Waals surface area contributed by atoms with Crippen LogP contribution in [0.4, 0.5) is 0 Å². The van der Waals surface area contributed by atoms with Crippen LogP contribution in [0.3, 0.4) is 0 Å². The fourth-order valence-electron chi connectivity index (χ4n) is 1.13. The minimum atomic E-state index is -0.363. The molecule has 0 amide bonds. The quantitative estimate of drug-likeness (QED) is 0.618. The lowest BCUT2D eigenvalue weighted by Gasteiger charge is -2.14. The lowest BCUT2D eigenvalue weighted by molar-refractivity contribution is -0.143.